The molecule has 0 aliphatic rings. The van der Waals surface area contributed by atoms with Gasteiger partial charge in [0.1, 0.15) is 18.4 Å². The number of carboxylic acid groups (broad SMARTS) is 2. The van der Waals surface area contributed by atoms with Crippen LogP contribution in [0.15, 0.2) is 0 Å². The second-order valence-corrected chi connectivity index (χ2v) is 16.3. The number of ketones is 1. The third-order valence-electron chi connectivity index (χ3n) is 8.76. The molecule has 0 radical (unpaired) electrons. The first-order chi connectivity index (χ1) is 26.6. The number of carboxylic acids is 2. The Balaban J connectivity index is 3.62. The number of amides is 3. The standard InChI is InChI=1S/C40H73N3O10S2/c1-34(44)33-55-31-27-52-26-24-41-38(47)32-53-28-30-54-29-25-42-36(45)23-22-35(40(50)51)43-37(46)20-18-16-14-12-10-8-6-4-2-3-5-7-9-11-13-15-17-19-21-39(48)49/h35H,2-33H2,1H3,(H,41,47)(H,42,45)(H,43,46)(H,48,49)(H,50,51). The topological polar surface area (TPSA) is 197 Å². The number of unbranched alkanes of at least 4 members (excludes halogenated alkanes) is 17. The number of thioether (sulfide) groups is 2. The summed E-state index contributed by atoms with van der Waals surface area (Å²) in [6.07, 6.45) is 21.5. The van der Waals surface area contributed by atoms with E-state index in [0.717, 1.165) is 50.7 Å². The van der Waals surface area contributed by atoms with Gasteiger partial charge in [0, 0.05) is 49.6 Å². The minimum absolute atomic E-state index is 0.00390. The molecule has 0 saturated heterocycles. The van der Waals surface area contributed by atoms with Gasteiger partial charge in [-0.2, -0.15) is 23.5 Å². The summed E-state index contributed by atoms with van der Waals surface area (Å²) in [4.78, 5) is 69.4. The van der Waals surface area contributed by atoms with Crippen LogP contribution in [0.2, 0.25) is 0 Å². The normalized spacial score (nSPS) is 11.6. The summed E-state index contributed by atoms with van der Waals surface area (Å²) in [7, 11) is 0. The van der Waals surface area contributed by atoms with Gasteiger partial charge in [0.2, 0.25) is 17.7 Å². The van der Waals surface area contributed by atoms with Gasteiger partial charge in [0.25, 0.3) is 0 Å². The average molecular weight is 820 g/mol. The number of ether oxygens (including phenoxy) is 2. The van der Waals surface area contributed by atoms with E-state index in [2.05, 4.69) is 16.0 Å². The number of hydrogen-bond donors (Lipinski definition) is 5. The molecule has 13 nitrogen and oxygen atoms in total. The van der Waals surface area contributed by atoms with Crippen LogP contribution in [0, 0.1) is 0 Å². The maximum absolute atomic E-state index is 12.3. The maximum Gasteiger partial charge on any atom is 0.326 e. The van der Waals surface area contributed by atoms with Crippen molar-refractivity contribution in [1.82, 2.24) is 16.0 Å². The van der Waals surface area contributed by atoms with E-state index in [1.165, 1.54) is 82.4 Å². The molecule has 55 heavy (non-hydrogen) atoms. The van der Waals surface area contributed by atoms with Crippen molar-refractivity contribution in [3.63, 3.8) is 0 Å². The molecule has 0 aromatic carbocycles. The highest BCUT2D eigenvalue weighted by Gasteiger charge is 2.20. The number of hydrogen-bond acceptors (Lipinski definition) is 10. The quantitative estimate of drug-likeness (QED) is 0.0418. The Morgan fingerprint density at radius 3 is 1.55 bits per heavy atom. The van der Waals surface area contributed by atoms with Crippen LogP contribution >= 0.6 is 23.5 Å². The summed E-state index contributed by atoms with van der Waals surface area (Å²) in [5.74, 6) is 0.0385. The highest BCUT2D eigenvalue weighted by Crippen LogP contribution is 2.15. The minimum Gasteiger partial charge on any atom is -0.481 e. The van der Waals surface area contributed by atoms with Crippen molar-refractivity contribution in [3.05, 3.63) is 0 Å². The van der Waals surface area contributed by atoms with E-state index >= 15 is 0 Å². The Hall–Kier alpha value is -2.36. The summed E-state index contributed by atoms with van der Waals surface area (Å²) in [6, 6.07) is -1.09. The van der Waals surface area contributed by atoms with E-state index in [1.54, 1.807) is 18.7 Å². The monoisotopic (exact) mass is 819 g/mol. The molecule has 15 heteroatoms. The molecular weight excluding hydrogens is 747 g/mol. The molecule has 1 unspecified atom stereocenters. The molecule has 5 N–H and O–H groups in total. The van der Waals surface area contributed by atoms with Crippen LogP contribution in [0.5, 0.6) is 0 Å². The molecular formula is C40H73N3O10S2. The Morgan fingerprint density at radius 1 is 0.527 bits per heavy atom. The van der Waals surface area contributed by atoms with Gasteiger partial charge in [0.05, 0.1) is 25.6 Å². The Morgan fingerprint density at radius 2 is 1.02 bits per heavy atom. The number of nitrogens with one attached hydrogen (secondary N) is 3. The van der Waals surface area contributed by atoms with Gasteiger partial charge < -0.3 is 35.6 Å². The second-order valence-electron chi connectivity index (χ2n) is 14.0. The van der Waals surface area contributed by atoms with Crippen molar-refractivity contribution in [2.24, 2.45) is 0 Å². The summed E-state index contributed by atoms with van der Waals surface area (Å²) in [6.45, 7) is 3.63. The van der Waals surface area contributed by atoms with E-state index < -0.39 is 18.0 Å². The second kappa shape index (κ2) is 39.9. The van der Waals surface area contributed by atoms with Crippen molar-refractivity contribution in [3.8, 4) is 0 Å². The van der Waals surface area contributed by atoms with Gasteiger partial charge in [-0.1, -0.05) is 103 Å². The molecule has 320 valence electrons. The van der Waals surface area contributed by atoms with Crippen LogP contribution in [0.1, 0.15) is 148 Å². The van der Waals surface area contributed by atoms with Crippen molar-refractivity contribution >= 4 is 59.0 Å². The van der Waals surface area contributed by atoms with Crippen molar-refractivity contribution < 1.29 is 48.5 Å². The van der Waals surface area contributed by atoms with E-state index in [9.17, 15) is 33.9 Å². The van der Waals surface area contributed by atoms with Gasteiger partial charge in [-0.05, 0) is 26.2 Å². The van der Waals surface area contributed by atoms with E-state index in [1.807, 2.05) is 0 Å². The fraction of sp³-hybridized carbons (Fsp3) is 0.850. The molecule has 0 aliphatic carbocycles. The Labute approximate surface area is 339 Å². The van der Waals surface area contributed by atoms with Crippen LogP contribution in [0.25, 0.3) is 0 Å². The predicted molar refractivity (Wildman–Crippen MR) is 222 cm³/mol. The van der Waals surface area contributed by atoms with E-state index in [-0.39, 0.29) is 49.4 Å². The van der Waals surface area contributed by atoms with Crippen LogP contribution in [0.3, 0.4) is 0 Å². The summed E-state index contributed by atoms with van der Waals surface area (Å²) in [5, 5.41) is 26.2. The maximum atomic E-state index is 12.3. The fourth-order valence-electron chi connectivity index (χ4n) is 5.67. The van der Waals surface area contributed by atoms with Crippen molar-refractivity contribution in [2.75, 3.05) is 62.5 Å². The SMILES string of the molecule is CC(=O)CSCCOCCNC(=O)COCCSCCNC(=O)CCC(NC(=O)CCCCCCCCCCCCCCCCCCCCC(=O)O)C(=O)O. The number of Topliss-reactive ketones (excluding diaryl/α,β-unsaturated/α-hetero) is 1. The lowest BCUT2D eigenvalue weighted by Gasteiger charge is -2.14. The number of rotatable bonds is 42. The first-order valence-electron chi connectivity index (χ1n) is 20.7. The average Bonchev–Trinajstić information content (AvgIpc) is 3.14. The van der Waals surface area contributed by atoms with Crippen LogP contribution < -0.4 is 16.0 Å². The van der Waals surface area contributed by atoms with Crippen LogP contribution in [-0.2, 0) is 38.2 Å². The largest absolute Gasteiger partial charge is 0.481 e. The van der Waals surface area contributed by atoms with Gasteiger partial charge in [-0.25, -0.2) is 4.79 Å². The highest BCUT2D eigenvalue weighted by molar-refractivity contribution is 8.00. The smallest absolute Gasteiger partial charge is 0.326 e. The molecule has 0 fully saturated rings. The predicted octanol–water partition coefficient (Wildman–Crippen LogP) is 6.54. The summed E-state index contributed by atoms with van der Waals surface area (Å²) < 4.78 is 10.8. The molecule has 3 amide bonds. The zero-order chi connectivity index (χ0) is 40.6. The van der Waals surface area contributed by atoms with Gasteiger partial charge >= 0.3 is 11.9 Å². The number of carbonyl (C=O) groups is 6. The first kappa shape index (κ1) is 52.6. The summed E-state index contributed by atoms with van der Waals surface area (Å²) in [5.41, 5.74) is 0. The lowest BCUT2D eigenvalue weighted by Crippen LogP contribution is -2.41. The van der Waals surface area contributed by atoms with Crippen molar-refractivity contribution in [1.29, 1.82) is 0 Å². The zero-order valence-corrected chi connectivity index (χ0v) is 35.3. The Bertz CT molecular complexity index is 1020. The molecule has 0 spiro atoms. The lowest BCUT2D eigenvalue weighted by atomic mass is 10.0. The molecule has 0 aliphatic heterocycles. The third-order valence-corrected chi connectivity index (χ3v) is 10.8. The number of aliphatic carboxylic acids is 2. The highest BCUT2D eigenvalue weighted by atomic mass is 32.2. The first-order valence-corrected chi connectivity index (χ1v) is 23.0. The van der Waals surface area contributed by atoms with Crippen molar-refractivity contribution in [2.45, 2.75) is 154 Å². The van der Waals surface area contributed by atoms with E-state index in [4.69, 9.17) is 14.6 Å². The van der Waals surface area contributed by atoms with Crippen LogP contribution in [-0.4, -0.2) is 114 Å². The lowest BCUT2D eigenvalue weighted by molar-refractivity contribution is -0.142. The van der Waals surface area contributed by atoms with Crippen LogP contribution in [0.4, 0.5) is 0 Å². The van der Waals surface area contributed by atoms with Gasteiger partial charge in [-0.3, -0.25) is 24.0 Å². The van der Waals surface area contributed by atoms with Gasteiger partial charge in [0.15, 0.2) is 0 Å². The zero-order valence-electron chi connectivity index (χ0n) is 33.7. The molecule has 0 aromatic heterocycles. The molecule has 0 saturated carbocycles. The molecule has 0 bridgehead atoms. The molecule has 0 aromatic rings. The molecule has 0 rings (SSSR count). The number of carbonyl (C=O) groups excluding carboxylic acids is 4. The third kappa shape index (κ3) is 41.1. The van der Waals surface area contributed by atoms with E-state index in [0.29, 0.717) is 56.6 Å². The molecule has 1 atom stereocenters. The fourth-order valence-corrected chi connectivity index (χ4v) is 7.03. The van der Waals surface area contributed by atoms with Gasteiger partial charge in [-0.15, -0.1) is 0 Å². The molecule has 0 heterocycles. The Kier molecular flexibility index (Phi) is 38.1. The summed E-state index contributed by atoms with van der Waals surface area (Å²) >= 11 is 3.08. The minimum atomic E-state index is -1.14.